The minimum Gasteiger partial charge on any atom is -0.299 e. The van der Waals surface area contributed by atoms with Gasteiger partial charge in [0.25, 0.3) is 0 Å². The van der Waals surface area contributed by atoms with E-state index < -0.39 is 0 Å². The highest BCUT2D eigenvalue weighted by molar-refractivity contribution is 5.31. The summed E-state index contributed by atoms with van der Waals surface area (Å²) >= 11 is 0. The molecule has 3 heterocycles. The van der Waals surface area contributed by atoms with Crippen LogP contribution >= 0.6 is 0 Å². The fourth-order valence-corrected chi connectivity index (χ4v) is 4.61. The Morgan fingerprint density at radius 2 is 1.83 bits per heavy atom. The zero-order chi connectivity index (χ0) is 15.8. The molecular formula is C20H25N3. The van der Waals surface area contributed by atoms with Crippen LogP contribution in [-0.2, 0) is 6.54 Å². The lowest BCUT2D eigenvalue weighted by Crippen LogP contribution is -2.29. The Labute approximate surface area is 139 Å². The van der Waals surface area contributed by atoms with Crippen molar-refractivity contribution in [2.24, 2.45) is 11.8 Å². The molecule has 2 aliphatic heterocycles. The summed E-state index contributed by atoms with van der Waals surface area (Å²) in [5, 5.41) is 0. The molecule has 0 amide bonds. The van der Waals surface area contributed by atoms with Gasteiger partial charge in [0.1, 0.15) is 0 Å². The van der Waals surface area contributed by atoms with Crippen molar-refractivity contribution >= 4 is 0 Å². The molecular weight excluding hydrogens is 282 g/mol. The molecule has 4 rings (SSSR count). The third kappa shape index (κ3) is 2.79. The third-order valence-electron chi connectivity index (χ3n) is 5.63. The van der Waals surface area contributed by atoms with E-state index in [0.717, 1.165) is 18.4 Å². The van der Waals surface area contributed by atoms with Crippen LogP contribution < -0.4 is 0 Å². The molecule has 1 aromatic heterocycles. The SMILES string of the molecule is Cc1ccccc1[C@@H]1[C@@H]2CN(Cc3ccncc3)C[C@@H]2CN1C. The van der Waals surface area contributed by atoms with Crippen LogP contribution in [0.3, 0.4) is 0 Å². The standard InChI is InChI=1S/C20H25N3/c1-15-5-3-4-6-18(15)20-19-14-23(13-17(19)12-22(20)2)11-16-7-9-21-10-8-16/h3-10,17,19-20H,11-14H2,1-2H3/t17-,19+,20+/m0/s1. The van der Waals surface area contributed by atoms with Crippen LogP contribution in [-0.4, -0.2) is 41.5 Å². The predicted molar refractivity (Wildman–Crippen MR) is 93.0 cm³/mol. The molecule has 0 unspecified atom stereocenters. The maximum Gasteiger partial charge on any atom is 0.0391 e. The van der Waals surface area contributed by atoms with Crippen molar-refractivity contribution in [3.63, 3.8) is 0 Å². The van der Waals surface area contributed by atoms with Gasteiger partial charge in [0.15, 0.2) is 0 Å². The van der Waals surface area contributed by atoms with Crippen LogP contribution in [0, 0.1) is 18.8 Å². The molecule has 1 aromatic carbocycles. The van der Waals surface area contributed by atoms with E-state index in [1.165, 1.54) is 36.3 Å². The largest absolute Gasteiger partial charge is 0.299 e. The van der Waals surface area contributed by atoms with Gasteiger partial charge < -0.3 is 0 Å². The lowest BCUT2D eigenvalue weighted by Gasteiger charge is -2.28. The molecule has 0 aliphatic carbocycles. The maximum absolute atomic E-state index is 4.12. The highest BCUT2D eigenvalue weighted by atomic mass is 15.2. The van der Waals surface area contributed by atoms with Crippen LogP contribution in [0.2, 0.25) is 0 Å². The van der Waals surface area contributed by atoms with Crippen molar-refractivity contribution in [3.05, 3.63) is 65.5 Å². The summed E-state index contributed by atoms with van der Waals surface area (Å²) in [6.45, 7) is 6.95. The zero-order valence-electron chi connectivity index (χ0n) is 14.0. The fourth-order valence-electron chi connectivity index (χ4n) is 4.61. The minimum atomic E-state index is 0.573. The van der Waals surface area contributed by atoms with Gasteiger partial charge in [0.05, 0.1) is 0 Å². The number of fused-ring (bicyclic) bond motifs is 1. The maximum atomic E-state index is 4.12. The van der Waals surface area contributed by atoms with E-state index in [-0.39, 0.29) is 0 Å². The number of aryl methyl sites for hydroxylation is 1. The fraction of sp³-hybridized carbons (Fsp3) is 0.450. The van der Waals surface area contributed by atoms with Crippen LogP contribution in [0.4, 0.5) is 0 Å². The Kier molecular flexibility index (Phi) is 3.92. The Morgan fingerprint density at radius 1 is 1.04 bits per heavy atom. The summed E-state index contributed by atoms with van der Waals surface area (Å²) in [6.07, 6.45) is 3.80. The molecule has 0 spiro atoms. The smallest absolute Gasteiger partial charge is 0.0391 e. The Hall–Kier alpha value is -1.71. The van der Waals surface area contributed by atoms with E-state index >= 15 is 0 Å². The van der Waals surface area contributed by atoms with Gasteiger partial charge in [0, 0.05) is 44.6 Å². The molecule has 2 aromatic rings. The molecule has 0 N–H and O–H groups in total. The first kappa shape index (κ1) is 14.9. The number of aromatic nitrogens is 1. The summed E-state index contributed by atoms with van der Waals surface area (Å²) in [4.78, 5) is 9.32. The quantitative estimate of drug-likeness (QED) is 0.868. The summed E-state index contributed by atoms with van der Waals surface area (Å²) < 4.78 is 0. The first-order valence-electron chi connectivity index (χ1n) is 8.59. The summed E-state index contributed by atoms with van der Waals surface area (Å²) in [7, 11) is 2.29. The van der Waals surface area contributed by atoms with Crippen molar-refractivity contribution in [2.45, 2.75) is 19.5 Å². The molecule has 0 saturated carbocycles. The van der Waals surface area contributed by atoms with Gasteiger partial charge in [0.2, 0.25) is 0 Å². The lowest BCUT2D eigenvalue weighted by atomic mass is 9.88. The van der Waals surface area contributed by atoms with E-state index in [1.807, 2.05) is 12.4 Å². The molecule has 23 heavy (non-hydrogen) atoms. The molecule has 3 atom stereocenters. The van der Waals surface area contributed by atoms with Crippen LogP contribution in [0.5, 0.6) is 0 Å². The molecule has 0 bridgehead atoms. The Balaban J connectivity index is 1.52. The van der Waals surface area contributed by atoms with Crippen molar-refractivity contribution < 1.29 is 0 Å². The second kappa shape index (κ2) is 6.06. The van der Waals surface area contributed by atoms with Gasteiger partial charge >= 0.3 is 0 Å². The van der Waals surface area contributed by atoms with Gasteiger partial charge in [-0.3, -0.25) is 14.8 Å². The van der Waals surface area contributed by atoms with Gasteiger partial charge in [-0.1, -0.05) is 24.3 Å². The average Bonchev–Trinajstić information content (AvgIpc) is 3.05. The molecule has 2 saturated heterocycles. The third-order valence-corrected chi connectivity index (χ3v) is 5.63. The lowest BCUT2D eigenvalue weighted by molar-refractivity contribution is 0.224. The highest BCUT2D eigenvalue weighted by Gasteiger charge is 2.46. The van der Waals surface area contributed by atoms with E-state index in [0.29, 0.717) is 6.04 Å². The molecule has 2 fully saturated rings. The van der Waals surface area contributed by atoms with Gasteiger partial charge in [-0.2, -0.15) is 0 Å². The van der Waals surface area contributed by atoms with E-state index in [2.05, 4.69) is 65.2 Å². The topological polar surface area (TPSA) is 19.4 Å². The summed E-state index contributed by atoms with van der Waals surface area (Å²) in [5.74, 6) is 1.55. The number of pyridine rings is 1. The van der Waals surface area contributed by atoms with E-state index in [4.69, 9.17) is 0 Å². The van der Waals surface area contributed by atoms with Crippen LogP contribution in [0.15, 0.2) is 48.8 Å². The second-order valence-corrected chi connectivity index (χ2v) is 7.21. The monoisotopic (exact) mass is 307 g/mol. The van der Waals surface area contributed by atoms with Crippen molar-refractivity contribution in [1.29, 1.82) is 0 Å². The summed E-state index contributed by atoms with van der Waals surface area (Å²) in [6, 6.07) is 13.8. The first-order valence-corrected chi connectivity index (χ1v) is 8.59. The highest BCUT2D eigenvalue weighted by Crippen LogP contribution is 2.45. The predicted octanol–water partition coefficient (Wildman–Crippen LogP) is 3.12. The zero-order valence-corrected chi connectivity index (χ0v) is 14.0. The van der Waals surface area contributed by atoms with E-state index in [9.17, 15) is 0 Å². The number of rotatable bonds is 3. The number of likely N-dealkylation sites (tertiary alicyclic amines) is 2. The Bertz CT molecular complexity index is 670. The Morgan fingerprint density at radius 3 is 2.61 bits per heavy atom. The van der Waals surface area contributed by atoms with Gasteiger partial charge in [-0.05, 0) is 54.6 Å². The molecule has 3 heteroatoms. The number of benzene rings is 1. The normalized spacial score (nSPS) is 28.2. The average molecular weight is 307 g/mol. The van der Waals surface area contributed by atoms with Crippen molar-refractivity contribution in [2.75, 3.05) is 26.7 Å². The molecule has 120 valence electrons. The van der Waals surface area contributed by atoms with Crippen molar-refractivity contribution in [1.82, 2.24) is 14.8 Å². The van der Waals surface area contributed by atoms with Crippen LogP contribution in [0.1, 0.15) is 22.7 Å². The van der Waals surface area contributed by atoms with Crippen molar-refractivity contribution in [3.8, 4) is 0 Å². The summed E-state index contributed by atoms with van der Waals surface area (Å²) in [5.41, 5.74) is 4.33. The molecule has 3 nitrogen and oxygen atoms in total. The van der Waals surface area contributed by atoms with Crippen LogP contribution in [0.25, 0.3) is 0 Å². The number of hydrogen-bond donors (Lipinski definition) is 0. The van der Waals surface area contributed by atoms with Gasteiger partial charge in [-0.15, -0.1) is 0 Å². The number of hydrogen-bond acceptors (Lipinski definition) is 3. The van der Waals surface area contributed by atoms with E-state index in [1.54, 1.807) is 0 Å². The minimum absolute atomic E-state index is 0.573. The first-order chi connectivity index (χ1) is 11.2. The second-order valence-electron chi connectivity index (χ2n) is 7.21. The van der Waals surface area contributed by atoms with Gasteiger partial charge in [-0.25, -0.2) is 0 Å². The number of nitrogens with zero attached hydrogens (tertiary/aromatic N) is 3. The molecule has 0 radical (unpaired) electrons. The molecule has 2 aliphatic rings.